The van der Waals surface area contributed by atoms with Gasteiger partial charge in [-0.3, -0.25) is 4.90 Å². The molecule has 0 radical (unpaired) electrons. The van der Waals surface area contributed by atoms with Crippen LogP contribution >= 0.6 is 11.6 Å². The monoisotopic (exact) mass is 437 g/mol. The number of rotatable bonds is 6. The van der Waals surface area contributed by atoms with Crippen LogP contribution < -0.4 is 0 Å². The first-order valence-corrected chi connectivity index (χ1v) is 11.0. The van der Waals surface area contributed by atoms with Crippen LogP contribution in [-0.2, 0) is 22.9 Å². The molecule has 1 saturated carbocycles. The molecular weight excluding hydrogens is 411 g/mol. The maximum atomic E-state index is 12.7. The summed E-state index contributed by atoms with van der Waals surface area (Å²) in [4.78, 5) is 2.49. The van der Waals surface area contributed by atoms with Crippen molar-refractivity contribution in [2.75, 3.05) is 19.6 Å². The SMILES string of the molecule is FC(F)(F)c1ccc(COC2CCCN(CC3(c4ccc(Cl)cc4)CCC3)C2)cc1. The number of alkyl halides is 3. The number of hydrogen-bond acceptors (Lipinski definition) is 2. The molecule has 1 saturated heterocycles. The second-order valence-electron chi connectivity index (χ2n) is 8.65. The highest BCUT2D eigenvalue weighted by Crippen LogP contribution is 2.45. The lowest BCUT2D eigenvalue weighted by atomic mass is 9.64. The predicted molar refractivity (Wildman–Crippen MR) is 113 cm³/mol. The van der Waals surface area contributed by atoms with Gasteiger partial charge in [0, 0.05) is 23.5 Å². The molecule has 30 heavy (non-hydrogen) atoms. The molecule has 1 atom stereocenters. The average Bonchev–Trinajstić information content (AvgIpc) is 2.70. The summed E-state index contributed by atoms with van der Waals surface area (Å²) in [6.07, 6.45) is 1.53. The van der Waals surface area contributed by atoms with Crippen LogP contribution in [0.1, 0.15) is 48.8 Å². The summed E-state index contributed by atoms with van der Waals surface area (Å²) in [7, 11) is 0. The van der Waals surface area contributed by atoms with Gasteiger partial charge in [-0.15, -0.1) is 0 Å². The third kappa shape index (κ3) is 5.01. The number of ether oxygens (including phenoxy) is 1. The fraction of sp³-hybridized carbons (Fsp3) is 0.500. The third-order valence-corrected chi connectivity index (χ3v) is 6.77. The summed E-state index contributed by atoms with van der Waals surface area (Å²) in [5.41, 5.74) is 1.73. The molecule has 2 aromatic carbocycles. The summed E-state index contributed by atoms with van der Waals surface area (Å²) >= 11 is 6.07. The summed E-state index contributed by atoms with van der Waals surface area (Å²) in [5, 5.41) is 0.767. The molecule has 0 aromatic heterocycles. The number of halogens is 4. The minimum Gasteiger partial charge on any atom is -0.372 e. The van der Waals surface area contributed by atoms with Gasteiger partial charge in [0.1, 0.15) is 0 Å². The number of piperidine rings is 1. The van der Waals surface area contributed by atoms with Crippen molar-refractivity contribution >= 4 is 11.6 Å². The molecule has 1 unspecified atom stereocenters. The van der Waals surface area contributed by atoms with Gasteiger partial charge >= 0.3 is 6.18 Å². The second kappa shape index (κ2) is 8.89. The lowest BCUT2D eigenvalue weighted by Gasteiger charge is -2.47. The van der Waals surface area contributed by atoms with Gasteiger partial charge in [0.15, 0.2) is 0 Å². The molecule has 0 spiro atoms. The van der Waals surface area contributed by atoms with E-state index >= 15 is 0 Å². The Labute approximate surface area is 181 Å². The van der Waals surface area contributed by atoms with Crippen LogP contribution in [0.25, 0.3) is 0 Å². The normalized spacial score (nSPS) is 21.9. The van der Waals surface area contributed by atoms with Crippen molar-refractivity contribution in [1.29, 1.82) is 0 Å². The lowest BCUT2D eigenvalue weighted by molar-refractivity contribution is -0.137. The van der Waals surface area contributed by atoms with Crippen LogP contribution in [0.4, 0.5) is 13.2 Å². The third-order valence-electron chi connectivity index (χ3n) is 6.52. The van der Waals surface area contributed by atoms with Crippen molar-refractivity contribution in [3.63, 3.8) is 0 Å². The van der Waals surface area contributed by atoms with E-state index in [0.29, 0.717) is 6.61 Å². The zero-order chi connectivity index (χ0) is 21.2. The Bertz CT molecular complexity index is 831. The Morgan fingerprint density at radius 3 is 2.30 bits per heavy atom. The zero-order valence-electron chi connectivity index (χ0n) is 16.9. The van der Waals surface area contributed by atoms with E-state index < -0.39 is 11.7 Å². The average molecular weight is 438 g/mol. The van der Waals surface area contributed by atoms with Gasteiger partial charge in [-0.05, 0) is 67.6 Å². The lowest BCUT2D eigenvalue weighted by Crippen LogP contribution is -2.50. The topological polar surface area (TPSA) is 12.5 Å². The first-order valence-electron chi connectivity index (χ1n) is 10.6. The van der Waals surface area contributed by atoms with E-state index in [1.54, 1.807) is 0 Å². The molecule has 2 aliphatic rings. The number of hydrogen-bond donors (Lipinski definition) is 0. The van der Waals surface area contributed by atoms with Crippen LogP contribution in [0.2, 0.25) is 5.02 Å². The van der Waals surface area contributed by atoms with E-state index in [0.717, 1.165) is 55.2 Å². The maximum Gasteiger partial charge on any atom is 0.416 e. The largest absolute Gasteiger partial charge is 0.416 e. The summed E-state index contributed by atoms with van der Waals surface area (Å²) in [6, 6.07) is 13.5. The molecule has 162 valence electrons. The summed E-state index contributed by atoms with van der Waals surface area (Å²) in [5.74, 6) is 0. The Morgan fingerprint density at radius 1 is 1.00 bits per heavy atom. The van der Waals surface area contributed by atoms with E-state index in [-0.39, 0.29) is 11.5 Å². The van der Waals surface area contributed by atoms with Gasteiger partial charge in [0.25, 0.3) is 0 Å². The second-order valence-corrected chi connectivity index (χ2v) is 9.08. The molecule has 2 nitrogen and oxygen atoms in total. The van der Waals surface area contributed by atoms with Crippen molar-refractivity contribution in [2.45, 2.75) is 56.4 Å². The fourth-order valence-corrected chi connectivity index (χ4v) is 4.80. The Kier molecular flexibility index (Phi) is 6.42. The van der Waals surface area contributed by atoms with E-state index in [1.807, 2.05) is 12.1 Å². The molecule has 1 aliphatic heterocycles. The number of likely N-dealkylation sites (tertiary alicyclic amines) is 1. The Morgan fingerprint density at radius 2 is 1.70 bits per heavy atom. The van der Waals surface area contributed by atoms with E-state index in [2.05, 4.69) is 17.0 Å². The molecule has 0 N–H and O–H groups in total. The first-order chi connectivity index (χ1) is 14.3. The van der Waals surface area contributed by atoms with Gasteiger partial charge in [0.05, 0.1) is 18.3 Å². The highest BCUT2D eigenvalue weighted by molar-refractivity contribution is 6.30. The number of benzene rings is 2. The fourth-order valence-electron chi connectivity index (χ4n) is 4.67. The van der Waals surface area contributed by atoms with Crippen LogP contribution in [0.3, 0.4) is 0 Å². The minimum absolute atomic E-state index is 0.114. The van der Waals surface area contributed by atoms with Gasteiger partial charge < -0.3 is 4.74 Å². The van der Waals surface area contributed by atoms with E-state index in [4.69, 9.17) is 16.3 Å². The Hall–Kier alpha value is -1.56. The quantitative estimate of drug-likeness (QED) is 0.514. The summed E-state index contributed by atoms with van der Waals surface area (Å²) in [6.45, 7) is 3.30. The van der Waals surface area contributed by atoms with Crippen LogP contribution in [0.5, 0.6) is 0 Å². The van der Waals surface area contributed by atoms with Gasteiger partial charge in [-0.2, -0.15) is 13.2 Å². The first kappa shape index (κ1) is 21.7. The standard InChI is InChI=1S/C24H27ClF3NO/c25-21-10-8-19(9-11-21)23(12-2-13-23)17-29-14-1-3-22(15-29)30-16-18-4-6-20(7-5-18)24(26,27)28/h4-11,22H,1-3,12-17H2. The molecule has 2 aromatic rings. The highest BCUT2D eigenvalue weighted by Gasteiger charge is 2.40. The van der Waals surface area contributed by atoms with E-state index in [9.17, 15) is 13.2 Å². The minimum atomic E-state index is -4.30. The maximum absolute atomic E-state index is 12.7. The van der Waals surface area contributed by atoms with Gasteiger partial charge in [-0.25, -0.2) is 0 Å². The van der Waals surface area contributed by atoms with Crippen molar-refractivity contribution in [3.05, 3.63) is 70.2 Å². The highest BCUT2D eigenvalue weighted by atomic mass is 35.5. The molecular formula is C24H27ClF3NO. The van der Waals surface area contributed by atoms with E-state index in [1.165, 1.54) is 37.0 Å². The predicted octanol–water partition coefficient (Wildman–Crippen LogP) is 6.46. The summed E-state index contributed by atoms with van der Waals surface area (Å²) < 4.78 is 44.2. The molecule has 6 heteroatoms. The zero-order valence-corrected chi connectivity index (χ0v) is 17.7. The van der Waals surface area contributed by atoms with Crippen molar-refractivity contribution in [2.24, 2.45) is 0 Å². The molecule has 1 heterocycles. The van der Waals surface area contributed by atoms with Crippen molar-refractivity contribution < 1.29 is 17.9 Å². The van der Waals surface area contributed by atoms with Crippen LogP contribution in [0, 0.1) is 0 Å². The van der Waals surface area contributed by atoms with Crippen LogP contribution in [0.15, 0.2) is 48.5 Å². The molecule has 0 amide bonds. The smallest absolute Gasteiger partial charge is 0.372 e. The molecule has 1 aliphatic carbocycles. The molecule has 0 bridgehead atoms. The van der Waals surface area contributed by atoms with Gasteiger partial charge in [-0.1, -0.05) is 42.3 Å². The van der Waals surface area contributed by atoms with Crippen molar-refractivity contribution in [3.8, 4) is 0 Å². The van der Waals surface area contributed by atoms with Gasteiger partial charge in [0.2, 0.25) is 0 Å². The molecule has 2 fully saturated rings. The molecule has 4 rings (SSSR count). The Balaban J connectivity index is 1.32. The van der Waals surface area contributed by atoms with Crippen molar-refractivity contribution in [1.82, 2.24) is 4.90 Å². The van der Waals surface area contributed by atoms with Crippen LogP contribution in [-0.4, -0.2) is 30.6 Å². The number of nitrogens with zero attached hydrogens (tertiary/aromatic N) is 1.